The number of methoxy groups -OCH3 is 1. The third-order valence-electron chi connectivity index (χ3n) is 5.53. The molecule has 2 aromatic carbocycles. The lowest BCUT2D eigenvalue weighted by atomic mass is 9.97. The number of piperidine rings is 1. The smallest absolute Gasteiger partial charge is 0.387 e. The summed E-state index contributed by atoms with van der Waals surface area (Å²) in [5.41, 5.74) is 0.915. The number of halogens is 2. The molecule has 180 valence electrons. The van der Waals surface area contributed by atoms with E-state index in [-0.39, 0.29) is 11.3 Å². The highest BCUT2D eigenvalue weighted by atomic mass is 19.3. The van der Waals surface area contributed by atoms with E-state index in [4.69, 9.17) is 13.9 Å². The molecular formula is C22H21F2N3O7. The van der Waals surface area contributed by atoms with Gasteiger partial charge in [0.2, 0.25) is 0 Å². The van der Waals surface area contributed by atoms with Crippen LogP contribution in [0.2, 0.25) is 0 Å². The molecule has 1 fully saturated rings. The van der Waals surface area contributed by atoms with Crippen molar-refractivity contribution in [1.29, 1.82) is 0 Å². The standard InChI is InChI=1S/C22H21F2N3O7/c1-31-18-10-14(16(27(29)30)11-19(18)33-21(23)24)12-32-20(28)13-6-8-26(9-7-13)22-25-15-4-2-3-5-17(15)34-22/h2-5,10-11,13,21H,6-9,12H2,1H3. The minimum absolute atomic E-state index is 0.000674. The fraction of sp³-hybridized carbons (Fsp3) is 0.364. The molecule has 1 aromatic heterocycles. The van der Waals surface area contributed by atoms with E-state index >= 15 is 0 Å². The van der Waals surface area contributed by atoms with Gasteiger partial charge in [0.05, 0.1) is 29.6 Å². The monoisotopic (exact) mass is 477 g/mol. The van der Waals surface area contributed by atoms with Crippen molar-refractivity contribution < 1.29 is 37.1 Å². The first kappa shape index (κ1) is 23.2. The number of anilines is 1. The zero-order valence-corrected chi connectivity index (χ0v) is 18.1. The minimum atomic E-state index is -3.18. The van der Waals surface area contributed by atoms with Crippen LogP contribution in [0.5, 0.6) is 11.5 Å². The van der Waals surface area contributed by atoms with Crippen molar-refractivity contribution in [1.82, 2.24) is 4.98 Å². The Morgan fingerprint density at radius 2 is 2.00 bits per heavy atom. The summed E-state index contributed by atoms with van der Waals surface area (Å²) in [6.45, 7) is -2.54. The number of rotatable bonds is 8. The van der Waals surface area contributed by atoms with Crippen LogP contribution in [0.25, 0.3) is 11.1 Å². The zero-order valence-electron chi connectivity index (χ0n) is 18.1. The molecule has 1 aliphatic rings. The van der Waals surface area contributed by atoms with Gasteiger partial charge in [0.25, 0.3) is 11.7 Å². The largest absolute Gasteiger partial charge is 0.493 e. The van der Waals surface area contributed by atoms with Gasteiger partial charge in [0.15, 0.2) is 17.1 Å². The SMILES string of the molecule is COc1cc(COC(=O)C2CCN(c3nc4ccccc4o3)CC2)c([N+](=O)[O-])cc1OC(F)F. The van der Waals surface area contributed by atoms with E-state index in [2.05, 4.69) is 9.72 Å². The second-order valence-corrected chi connectivity index (χ2v) is 7.60. The minimum Gasteiger partial charge on any atom is -0.493 e. The van der Waals surface area contributed by atoms with Crippen LogP contribution in [0.4, 0.5) is 20.5 Å². The Kier molecular flexibility index (Phi) is 6.75. The van der Waals surface area contributed by atoms with Crippen LogP contribution in [-0.2, 0) is 16.1 Å². The Morgan fingerprint density at radius 1 is 1.26 bits per heavy atom. The van der Waals surface area contributed by atoms with Crippen molar-refractivity contribution in [3.05, 3.63) is 52.1 Å². The van der Waals surface area contributed by atoms with Gasteiger partial charge in [-0.2, -0.15) is 13.8 Å². The van der Waals surface area contributed by atoms with E-state index in [1.807, 2.05) is 29.2 Å². The third kappa shape index (κ3) is 5.00. The first-order chi connectivity index (χ1) is 16.4. The fourth-order valence-corrected chi connectivity index (χ4v) is 3.79. The van der Waals surface area contributed by atoms with Crippen LogP contribution in [-0.4, -0.2) is 42.7 Å². The number of carbonyl (C=O) groups is 1. The summed E-state index contributed by atoms with van der Waals surface area (Å²) in [5.74, 6) is -1.52. The third-order valence-corrected chi connectivity index (χ3v) is 5.53. The number of benzene rings is 2. The summed E-state index contributed by atoms with van der Waals surface area (Å²) in [4.78, 5) is 29.6. The van der Waals surface area contributed by atoms with Crippen LogP contribution >= 0.6 is 0 Å². The first-order valence-electron chi connectivity index (χ1n) is 10.4. The Labute approximate surface area is 192 Å². The molecule has 0 bridgehead atoms. The molecule has 0 amide bonds. The average Bonchev–Trinajstić information content (AvgIpc) is 3.26. The number of aromatic nitrogens is 1. The Morgan fingerprint density at radius 3 is 2.65 bits per heavy atom. The summed E-state index contributed by atoms with van der Waals surface area (Å²) >= 11 is 0. The molecule has 12 heteroatoms. The van der Waals surface area contributed by atoms with Crippen LogP contribution in [0.15, 0.2) is 40.8 Å². The topological polar surface area (TPSA) is 117 Å². The van der Waals surface area contributed by atoms with Gasteiger partial charge < -0.3 is 23.5 Å². The number of carbonyl (C=O) groups excluding carboxylic acids is 1. The number of alkyl halides is 2. The van der Waals surface area contributed by atoms with E-state index in [1.165, 1.54) is 7.11 Å². The van der Waals surface area contributed by atoms with Gasteiger partial charge in [-0.1, -0.05) is 12.1 Å². The van der Waals surface area contributed by atoms with E-state index in [0.29, 0.717) is 37.5 Å². The van der Waals surface area contributed by atoms with E-state index < -0.39 is 41.5 Å². The van der Waals surface area contributed by atoms with Crippen molar-refractivity contribution in [3.63, 3.8) is 0 Å². The average molecular weight is 477 g/mol. The maximum Gasteiger partial charge on any atom is 0.387 e. The number of hydrogen-bond acceptors (Lipinski definition) is 9. The number of nitro groups is 1. The van der Waals surface area contributed by atoms with Crippen molar-refractivity contribution >= 4 is 28.8 Å². The zero-order chi connectivity index (χ0) is 24.2. The molecule has 1 saturated heterocycles. The lowest BCUT2D eigenvalue weighted by molar-refractivity contribution is -0.386. The number of oxazole rings is 1. The fourth-order valence-electron chi connectivity index (χ4n) is 3.79. The highest BCUT2D eigenvalue weighted by molar-refractivity contribution is 5.75. The molecule has 0 atom stereocenters. The van der Waals surface area contributed by atoms with Gasteiger partial charge >= 0.3 is 12.6 Å². The Balaban J connectivity index is 1.38. The summed E-state index contributed by atoms with van der Waals surface area (Å²) in [6.07, 6.45) is 0.980. The van der Waals surface area contributed by atoms with Gasteiger partial charge in [-0.3, -0.25) is 14.9 Å². The summed E-state index contributed by atoms with van der Waals surface area (Å²) in [7, 11) is 1.21. The molecule has 0 saturated carbocycles. The van der Waals surface area contributed by atoms with Crippen LogP contribution in [0, 0.1) is 16.0 Å². The second kappa shape index (κ2) is 9.89. The lowest BCUT2D eigenvalue weighted by Gasteiger charge is -2.29. The summed E-state index contributed by atoms with van der Waals surface area (Å²) in [5, 5.41) is 11.4. The molecule has 3 aromatic rings. The maximum atomic E-state index is 12.6. The molecule has 0 unspecified atom stereocenters. The predicted molar refractivity (Wildman–Crippen MR) is 115 cm³/mol. The van der Waals surface area contributed by atoms with Crippen molar-refractivity contribution in [2.45, 2.75) is 26.1 Å². The number of para-hydroxylation sites is 2. The molecule has 0 aliphatic carbocycles. The second-order valence-electron chi connectivity index (χ2n) is 7.60. The quantitative estimate of drug-likeness (QED) is 0.266. The highest BCUT2D eigenvalue weighted by Gasteiger charge is 2.29. The van der Waals surface area contributed by atoms with Crippen LogP contribution < -0.4 is 14.4 Å². The number of hydrogen-bond donors (Lipinski definition) is 0. The van der Waals surface area contributed by atoms with Gasteiger partial charge in [0, 0.05) is 13.1 Å². The lowest BCUT2D eigenvalue weighted by Crippen LogP contribution is -2.37. The normalized spacial score (nSPS) is 14.4. The number of nitro benzene ring substituents is 1. The molecule has 0 radical (unpaired) electrons. The molecule has 34 heavy (non-hydrogen) atoms. The molecule has 1 aliphatic heterocycles. The number of esters is 1. The van der Waals surface area contributed by atoms with Crippen molar-refractivity contribution in [2.75, 3.05) is 25.1 Å². The molecule has 10 nitrogen and oxygen atoms in total. The maximum absolute atomic E-state index is 12.6. The molecule has 2 heterocycles. The summed E-state index contributed by atoms with van der Waals surface area (Å²) in [6, 6.07) is 9.88. The van der Waals surface area contributed by atoms with Gasteiger partial charge in [0.1, 0.15) is 12.1 Å². The first-order valence-corrected chi connectivity index (χ1v) is 10.4. The number of nitrogens with zero attached hydrogens (tertiary/aromatic N) is 3. The predicted octanol–water partition coefficient (Wildman–Crippen LogP) is 4.31. The van der Waals surface area contributed by atoms with Gasteiger partial charge in [-0.25, -0.2) is 0 Å². The number of fused-ring (bicyclic) bond motifs is 1. The molecular weight excluding hydrogens is 456 g/mol. The molecule has 0 spiro atoms. The van der Waals surface area contributed by atoms with Crippen LogP contribution in [0.1, 0.15) is 18.4 Å². The van der Waals surface area contributed by atoms with Gasteiger partial charge in [-0.05, 0) is 31.0 Å². The Hall–Kier alpha value is -3.96. The number of ether oxygens (including phenoxy) is 3. The molecule has 0 N–H and O–H groups in total. The van der Waals surface area contributed by atoms with Crippen molar-refractivity contribution in [3.8, 4) is 11.5 Å². The van der Waals surface area contributed by atoms with Crippen molar-refractivity contribution in [2.24, 2.45) is 5.92 Å². The summed E-state index contributed by atoms with van der Waals surface area (Å²) < 4.78 is 45.5. The van der Waals surface area contributed by atoms with Gasteiger partial charge in [-0.15, -0.1) is 0 Å². The van der Waals surface area contributed by atoms with E-state index in [1.54, 1.807) is 0 Å². The van der Waals surface area contributed by atoms with E-state index in [0.717, 1.165) is 17.6 Å². The Bertz CT molecular complexity index is 1160. The van der Waals surface area contributed by atoms with E-state index in [9.17, 15) is 23.7 Å². The molecule has 4 rings (SSSR count). The van der Waals surface area contributed by atoms with Crippen LogP contribution in [0.3, 0.4) is 0 Å². The highest BCUT2D eigenvalue weighted by Crippen LogP contribution is 2.36.